The van der Waals surface area contributed by atoms with Crippen molar-refractivity contribution in [1.82, 2.24) is 0 Å². The summed E-state index contributed by atoms with van der Waals surface area (Å²) in [6, 6.07) is 9.49. The normalized spacial score (nSPS) is 11.3. The van der Waals surface area contributed by atoms with Crippen molar-refractivity contribution in [1.29, 1.82) is 5.26 Å². The highest BCUT2D eigenvalue weighted by atomic mass is 35.5. The van der Waals surface area contributed by atoms with Crippen LogP contribution in [0.4, 0.5) is 0 Å². The number of nitriles is 1. The van der Waals surface area contributed by atoms with E-state index in [2.05, 4.69) is 6.07 Å². The van der Waals surface area contributed by atoms with Gasteiger partial charge >= 0.3 is 0 Å². The van der Waals surface area contributed by atoms with Crippen LogP contribution in [-0.4, -0.2) is 6.54 Å². The van der Waals surface area contributed by atoms with Crippen LogP contribution in [0.3, 0.4) is 0 Å². The number of hydrogen-bond acceptors (Lipinski definition) is 3. The highest BCUT2D eigenvalue weighted by Crippen LogP contribution is 2.15. The smallest absolute Gasteiger partial charge is 0.0991 e. The average Bonchev–Trinajstić information content (AvgIpc) is 2.26. The van der Waals surface area contributed by atoms with Crippen molar-refractivity contribution in [2.45, 2.75) is 18.9 Å². The summed E-state index contributed by atoms with van der Waals surface area (Å²) < 4.78 is 0. The molecule has 0 heterocycles. The van der Waals surface area contributed by atoms with Gasteiger partial charge in [0.1, 0.15) is 0 Å². The Hall–Kier alpha value is -1.08. The van der Waals surface area contributed by atoms with Gasteiger partial charge in [-0.1, -0.05) is 12.1 Å². The fraction of sp³-hybridized carbons (Fsp3) is 0.364. The van der Waals surface area contributed by atoms with E-state index in [4.69, 9.17) is 16.7 Å². The Morgan fingerprint density at radius 2 is 1.87 bits per heavy atom. The molecule has 15 heavy (non-hydrogen) atoms. The summed E-state index contributed by atoms with van der Waals surface area (Å²) in [4.78, 5) is 0. The highest BCUT2D eigenvalue weighted by Gasteiger charge is 2.04. The van der Waals surface area contributed by atoms with Gasteiger partial charge < -0.3 is 11.5 Å². The number of nitrogens with two attached hydrogens (primary N) is 2. The maximum absolute atomic E-state index is 8.61. The first-order valence-electron chi connectivity index (χ1n) is 4.73. The van der Waals surface area contributed by atoms with Crippen LogP contribution in [-0.2, 0) is 0 Å². The van der Waals surface area contributed by atoms with E-state index in [0.717, 1.165) is 18.4 Å². The Bertz CT molecular complexity index is 316. The fourth-order valence-corrected chi connectivity index (χ4v) is 1.31. The maximum Gasteiger partial charge on any atom is 0.0991 e. The van der Waals surface area contributed by atoms with Gasteiger partial charge in [-0.25, -0.2) is 0 Å². The van der Waals surface area contributed by atoms with Crippen molar-refractivity contribution in [3.05, 3.63) is 35.4 Å². The molecule has 0 unspecified atom stereocenters. The number of benzene rings is 1. The highest BCUT2D eigenvalue weighted by molar-refractivity contribution is 5.85. The molecule has 0 saturated heterocycles. The lowest BCUT2D eigenvalue weighted by Crippen LogP contribution is -2.12. The standard InChI is InChI=1S/C11H15N3.ClH/c12-7-1-2-11(14)10-5-3-9(8-13)4-6-10;/h3-6,11H,1-2,7,12,14H2;1H/t11-;/m0./s1. The molecule has 4 N–H and O–H groups in total. The molecule has 0 aromatic heterocycles. The van der Waals surface area contributed by atoms with E-state index in [1.165, 1.54) is 0 Å². The molecule has 1 rings (SSSR count). The lowest BCUT2D eigenvalue weighted by molar-refractivity contribution is 0.618. The number of halogens is 1. The Kier molecular flexibility index (Phi) is 6.72. The van der Waals surface area contributed by atoms with E-state index < -0.39 is 0 Å². The molecule has 0 aliphatic rings. The van der Waals surface area contributed by atoms with Crippen LogP contribution in [0.2, 0.25) is 0 Å². The molecule has 0 aliphatic carbocycles. The van der Waals surface area contributed by atoms with E-state index in [9.17, 15) is 0 Å². The fourth-order valence-electron chi connectivity index (χ4n) is 1.31. The van der Waals surface area contributed by atoms with E-state index in [1.807, 2.05) is 12.1 Å². The van der Waals surface area contributed by atoms with E-state index >= 15 is 0 Å². The zero-order valence-electron chi connectivity index (χ0n) is 8.52. The zero-order valence-corrected chi connectivity index (χ0v) is 9.33. The summed E-state index contributed by atoms with van der Waals surface area (Å²) in [7, 11) is 0. The summed E-state index contributed by atoms with van der Waals surface area (Å²) in [5.41, 5.74) is 13.1. The first-order valence-corrected chi connectivity index (χ1v) is 4.73. The van der Waals surface area contributed by atoms with E-state index in [1.54, 1.807) is 12.1 Å². The first kappa shape index (κ1) is 13.9. The Morgan fingerprint density at radius 3 is 2.33 bits per heavy atom. The molecule has 0 spiro atoms. The first-order chi connectivity index (χ1) is 6.77. The van der Waals surface area contributed by atoms with Gasteiger partial charge in [-0.3, -0.25) is 0 Å². The van der Waals surface area contributed by atoms with Gasteiger partial charge in [0.25, 0.3) is 0 Å². The van der Waals surface area contributed by atoms with Crippen LogP contribution in [0, 0.1) is 11.3 Å². The van der Waals surface area contributed by atoms with Crippen LogP contribution in [0.25, 0.3) is 0 Å². The van der Waals surface area contributed by atoms with Gasteiger partial charge in [-0.2, -0.15) is 5.26 Å². The minimum absolute atomic E-state index is 0. The molecule has 82 valence electrons. The van der Waals surface area contributed by atoms with E-state index in [-0.39, 0.29) is 18.4 Å². The maximum atomic E-state index is 8.61. The monoisotopic (exact) mass is 225 g/mol. The van der Waals surface area contributed by atoms with Crippen molar-refractivity contribution in [2.24, 2.45) is 11.5 Å². The third-order valence-corrected chi connectivity index (χ3v) is 2.19. The number of rotatable bonds is 4. The largest absolute Gasteiger partial charge is 0.330 e. The van der Waals surface area contributed by atoms with Gasteiger partial charge in [-0.05, 0) is 37.1 Å². The molecule has 0 aliphatic heterocycles. The quantitative estimate of drug-likeness (QED) is 0.819. The molecule has 3 nitrogen and oxygen atoms in total. The summed E-state index contributed by atoms with van der Waals surface area (Å²) in [5.74, 6) is 0. The molecule has 1 aromatic rings. The van der Waals surface area contributed by atoms with Crippen LogP contribution >= 0.6 is 12.4 Å². The number of nitrogens with zero attached hydrogens (tertiary/aromatic N) is 1. The second-order valence-corrected chi connectivity index (χ2v) is 3.27. The van der Waals surface area contributed by atoms with Gasteiger partial charge in [0.05, 0.1) is 11.6 Å². The van der Waals surface area contributed by atoms with Crippen molar-refractivity contribution >= 4 is 12.4 Å². The summed E-state index contributed by atoms with van der Waals surface area (Å²) in [5, 5.41) is 8.61. The van der Waals surface area contributed by atoms with Gasteiger partial charge in [-0.15, -0.1) is 12.4 Å². The van der Waals surface area contributed by atoms with Crippen molar-refractivity contribution in [2.75, 3.05) is 6.54 Å². The lowest BCUT2D eigenvalue weighted by atomic mass is 10.0. The SMILES string of the molecule is Cl.N#Cc1ccc([C@@H](N)CCCN)cc1. The molecule has 0 saturated carbocycles. The predicted octanol–water partition coefficient (Wildman–Crippen LogP) is 1.72. The molecule has 4 heteroatoms. The summed E-state index contributed by atoms with van der Waals surface area (Å²) in [6.07, 6.45) is 1.82. The van der Waals surface area contributed by atoms with Gasteiger partial charge in [0.2, 0.25) is 0 Å². The molecule has 1 aromatic carbocycles. The Balaban J connectivity index is 0.00000196. The molecule has 0 radical (unpaired) electrons. The lowest BCUT2D eigenvalue weighted by Gasteiger charge is -2.10. The van der Waals surface area contributed by atoms with Gasteiger partial charge in [0, 0.05) is 6.04 Å². The number of hydrogen-bond donors (Lipinski definition) is 2. The zero-order chi connectivity index (χ0) is 10.4. The third kappa shape index (κ3) is 4.30. The molecule has 0 amide bonds. The minimum Gasteiger partial charge on any atom is -0.330 e. The molecular formula is C11H16ClN3. The van der Waals surface area contributed by atoms with E-state index in [0.29, 0.717) is 12.1 Å². The molecule has 0 fully saturated rings. The van der Waals surface area contributed by atoms with Crippen LogP contribution in [0.1, 0.15) is 30.0 Å². The van der Waals surface area contributed by atoms with Crippen molar-refractivity contribution in [3.63, 3.8) is 0 Å². The van der Waals surface area contributed by atoms with Crippen LogP contribution in [0.5, 0.6) is 0 Å². The Morgan fingerprint density at radius 1 is 1.27 bits per heavy atom. The predicted molar refractivity (Wildman–Crippen MR) is 63.6 cm³/mol. The van der Waals surface area contributed by atoms with Crippen molar-refractivity contribution in [3.8, 4) is 6.07 Å². The average molecular weight is 226 g/mol. The summed E-state index contributed by atoms with van der Waals surface area (Å²) in [6.45, 7) is 0.671. The van der Waals surface area contributed by atoms with Crippen molar-refractivity contribution < 1.29 is 0 Å². The minimum atomic E-state index is 0. The molecular weight excluding hydrogens is 210 g/mol. The topological polar surface area (TPSA) is 75.8 Å². The second kappa shape index (κ2) is 7.24. The summed E-state index contributed by atoms with van der Waals surface area (Å²) >= 11 is 0. The third-order valence-electron chi connectivity index (χ3n) is 2.19. The van der Waals surface area contributed by atoms with Gasteiger partial charge in [0.15, 0.2) is 0 Å². The van der Waals surface area contributed by atoms with Crippen LogP contribution in [0.15, 0.2) is 24.3 Å². The molecule has 0 bridgehead atoms. The van der Waals surface area contributed by atoms with Crippen LogP contribution < -0.4 is 11.5 Å². The second-order valence-electron chi connectivity index (χ2n) is 3.27. The Labute approximate surface area is 96.5 Å². The molecule has 1 atom stereocenters.